The van der Waals surface area contributed by atoms with E-state index in [2.05, 4.69) is 6.58 Å². The predicted molar refractivity (Wildman–Crippen MR) is 64.1 cm³/mol. The Labute approximate surface area is 98.4 Å². The number of hydrogen-bond acceptors (Lipinski definition) is 4. The number of hydrogen-bond donors (Lipinski definition) is 1. The summed E-state index contributed by atoms with van der Waals surface area (Å²) < 4.78 is 16.3. The van der Waals surface area contributed by atoms with Gasteiger partial charge in [-0.1, -0.05) is 6.58 Å². The molecule has 0 fully saturated rings. The van der Waals surface area contributed by atoms with E-state index >= 15 is 0 Å². The van der Waals surface area contributed by atoms with Crippen molar-refractivity contribution in [3.8, 4) is 0 Å². The van der Waals surface area contributed by atoms with Gasteiger partial charge in [-0.3, -0.25) is 4.79 Å². The van der Waals surface area contributed by atoms with Crippen LogP contribution in [0.25, 0.3) is 0 Å². The predicted octanol–water partition coefficient (Wildman–Crippen LogP) is 1.85. The van der Waals surface area contributed by atoms with Gasteiger partial charge in [0.2, 0.25) is 0 Å². The van der Waals surface area contributed by atoms with Gasteiger partial charge in [0.1, 0.15) is 0 Å². The second-order valence-electron chi connectivity index (χ2n) is 2.63. The van der Waals surface area contributed by atoms with E-state index in [0.29, 0.717) is 19.8 Å². The summed E-state index contributed by atoms with van der Waals surface area (Å²) in [5, 5.41) is 7.42. The average Bonchev–Trinajstić information content (AvgIpc) is 2.18. The quantitative estimate of drug-likeness (QED) is 0.699. The van der Waals surface area contributed by atoms with Crippen LogP contribution < -0.4 is 0 Å². The smallest absolute Gasteiger partial charge is 0.481 e. The van der Waals surface area contributed by atoms with Crippen molar-refractivity contribution in [2.45, 2.75) is 27.7 Å². The molecule has 5 nitrogen and oxygen atoms in total. The molecule has 0 rings (SSSR count). The van der Waals surface area contributed by atoms with E-state index in [1.165, 1.54) is 0 Å². The third-order valence-electron chi connectivity index (χ3n) is 1.29. The number of rotatable bonds is 7. The lowest BCUT2D eigenvalue weighted by molar-refractivity contribution is -0.134. The van der Waals surface area contributed by atoms with Crippen LogP contribution in [-0.2, 0) is 18.1 Å². The third-order valence-corrected chi connectivity index (χ3v) is 3.86. The van der Waals surface area contributed by atoms with Crippen LogP contribution in [-0.4, -0.2) is 39.7 Å². The molecular formula is C10H22O5Si. The first-order chi connectivity index (χ1) is 7.47. The highest BCUT2D eigenvalue weighted by Gasteiger charge is 2.36. The zero-order chi connectivity index (χ0) is 13.0. The SMILES string of the molecule is C=C[Si](OCC)(OCC)OCC.CC(=O)O. The van der Waals surface area contributed by atoms with Gasteiger partial charge in [-0.15, -0.1) is 0 Å². The largest absolute Gasteiger partial charge is 0.528 e. The number of carboxylic acid groups (broad SMARTS) is 1. The fourth-order valence-corrected chi connectivity index (χ4v) is 2.72. The van der Waals surface area contributed by atoms with Gasteiger partial charge in [-0.2, -0.15) is 0 Å². The maximum Gasteiger partial charge on any atom is 0.528 e. The summed E-state index contributed by atoms with van der Waals surface area (Å²) in [4.78, 5) is 9.00. The van der Waals surface area contributed by atoms with Crippen molar-refractivity contribution in [2.75, 3.05) is 19.8 Å². The molecule has 0 aromatic rings. The van der Waals surface area contributed by atoms with Gasteiger partial charge in [0.05, 0.1) is 0 Å². The van der Waals surface area contributed by atoms with Crippen LogP contribution in [0, 0.1) is 0 Å². The van der Waals surface area contributed by atoms with Crippen molar-refractivity contribution in [3.05, 3.63) is 12.3 Å². The Morgan fingerprint density at radius 3 is 1.56 bits per heavy atom. The van der Waals surface area contributed by atoms with Crippen LogP contribution in [0.3, 0.4) is 0 Å². The lowest BCUT2D eigenvalue weighted by atomic mass is 10.9. The highest BCUT2D eigenvalue weighted by atomic mass is 28.4. The average molecular weight is 250 g/mol. The fraction of sp³-hybridized carbons (Fsp3) is 0.700. The van der Waals surface area contributed by atoms with Crippen LogP contribution in [0.15, 0.2) is 12.3 Å². The minimum atomic E-state index is -2.51. The lowest BCUT2D eigenvalue weighted by Gasteiger charge is -2.24. The standard InChI is InChI=1S/C8H18O3Si.C2H4O2/c1-5-9-12(8-4,10-6-2)11-7-3;1-2(3)4/h8H,4-7H2,1-3H3;1H3,(H,3,4). The first-order valence-corrected chi connectivity index (χ1v) is 7.03. The Bertz CT molecular complexity index is 175. The van der Waals surface area contributed by atoms with Crippen LogP contribution in [0.1, 0.15) is 27.7 Å². The van der Waals surface area contributed by atoms with Gasteiger partial charge in [0.25, 0.3) is 5.97 Å². The molecule has 0 aromatic carbocycles. The Morgan fingerprint density at radius 1 is 1.19 bits per heavy atom. The minimum Gasteiger partial charge on any atom is -0.481 e. The molecule has 0 saturated heterocycles. The molecule has 0 radical (unpaired) electrons. The molecule has 0 amide bonds. The van der Waals surface area contributed by atoms with Gasteiger partial charge in [-0.25, -0.2) is 0 Å². The first kappa shape index (κ1) is 17.7. The van der Waals surface area contributed by atoms with Gasteiger partial charge in [0, 0.05) is 26.7 Å². The van der Waals surface area contributed by atoms with E-state index in [4.69, 9.17) is 23.2 Å². The second kappa shape index (κ2) is 10.8. The zero-order valence-corrected chi connectivity index (χ0v) is 11.5. The van der Waals surface area contributed by atoms with Crippen molar-refractivity contribution in [3.63, 3.8) is 0 Å². The molecule has 1 N–H and O–H groups in total. The van der Waals surface area contributed by atoms with E-state index < -0.39 is 14.8 Å². The van der Waals surface area contributed by atoms with E-state index in [1.807, 2.05) is 20.8 Å². The normalized spacial score (nSPS) is 10.2. The van der Waals surface area contributed by atoms with Crippen molar-refractivity contribution in [2.24, 2.45) is 0 Å². The summed E-state index contributed by atoms with van der Waals surface area (Å²) >= 11 is 0. The number of carboxylic acids is 1. The van der Waals surface area contributed by atoms with Crippen LogP contribution in [0.4, 0.5) is 0 Å². The topological polar surface area (TPSA) is 65.0 Å². The highest BCUT2D eigenvalue weighted by Crippen LogP contribution is 2.10. The van der Waals surface area contributed by atoms with Crippen LogP contribution in [0.2, 0.25) is 0 Å². The lowest BCUT2D eigenvalue weighted by Crippen LogP contribution is -2.44. The minimum absolute atomic E-state index is 0.595. The maximum absolute atomic E-state index is 9.00. The maximum atomic E-state index is 9.00. The second-order valence-corrected chi connectivity index (χ2v) is 5.11. The molecule has 0 unspecified atom stereocenters. The molecule has 0 aromatic heterocycles. The van der Waals surface area contributed by atoms with Gasteiger partial charge >= 0.3 is 8.80 Å². The Kier molecular flexibility index (Phi) is 12.0. The molecule has 0 saturated carbocycles. The van der Waals surface area contributed by atoms with E-state index in [1.54, 1.807) is 5.70 Å². The van der Waals surface area contributed by atoms with Gasteiger partial charge in [-0.05, 0) is 26.5 Å². The summed E-state index contributed by atoms with van der Waals surface area (Å²) in [6.07, 6.45) is 0. The van der Waals surface area contributed by atoms with Gasteiger partial charge in [0.15, 0.2) is 0 Å². The van der Waals surface area contributed by atoms with E-state index in [0.717, 1.165) is 6.92 Å². The van der Waals surface area contributed by atoms with E-state index in [-0.39, 0.29) is 0 Å². The summed E-state index contributed by atoms with van der Waals surface area (Å²) in [7, 11) is -2.51. The highest BCUT2D eigenvalue weighted by molar-refractivity contribution is 6.66. The van der Waals surface area contributed by atoms with E-state index in [9.17, 15) is 0 Å². The summed E-state index contributed by atoms with van der Waals surface area (Å²) in [6.45, 7) is 12.3. The molecule has 96 valence electrons. The zero-order valence-electron chi connectivity index (χ0n) is 10.5. The molecule has 0 bridgehead atoms. The van der Waals surface area contributed by atoms with Crippen LogP contribution in [0.5, 0.6) is 0 Å². The molecule has 16 heavy (non-hydrogen) atoms. The molecule has 0 aliphatic rings. The van der Waals surface area contributed by atoms with Crippen molar-refractivity contribution in [1.82, 2.24) is 0 Å². The summed E-state index contributed by atoms with van der Waals surface area (Å²) in [5.41, 5.74) is 1.67. The fourth-order valence-electron chi connectivity index (χ4n) is 0.905. The molecule has 0 aliphatic heterocycles. The van der Waals surface area contributed by atoms with Gasteiger partial charge < -0.3 is 18.4 Å². The summed E-state index contributed by atoms with van der Waals surface area (Å²) in [5.74, 6) is -0.833. The molecule has 6 heteroatoms. The van der Waals surface area contributed by atoms with Crippen molar-refractivity contribution < 1.29 is 23.2 Å². The Balaban J connectivity index is 0. The first-order valence-electron chi connectivity index (χ1n) is 5.22. The van der Waals surface area contributed by atoms with Crippen molar-refractivity contribution in [1.29, 1.82) is 0 Å². The van der Waals surface area contributed by atoms with Crippen molar-refractivity contribution >= 4 is 14.8 Å². The molecule has 0 heterocycles. The monoisotopic (exact) mass is 250 g/mol. The molecule has 0 atom stereocenters. The van der Waals surface area contributed by atoms with Crippen LogP contribution >= 0.6 is 0 Å². The summed E-state index contributed by atoms with van der Waals surface area (Å²) in [6, 6.07) is 0. The molecule has 0 spiro atoms. The third kappa shape index (κ3) is 9.85. The molecule has 0 aliphatic carbocycles. The Hall–Kier alpha value is -0.693. The Morgan fingerprint density at radius 2 is 1.44 bits per heavy atom. The number of aliphatic carboxylic acids is 1. The number of carbonyl (C=O) groups is 1. The molecular weight excluding hydrogens is 228 g/mol.